The number of hydrogen-bond donors (Lipinski definition) is 2. The molecule has 0 aromatic heterocycles. The molecule has 0 aliphatic carbocycles. The van der Waals surface area contributed by atoms with Crippen molar-refractivity contribution in [3.8, 4) is 5.75 Å². The Morgan fingerprint density at radius 3 is 2.47 bits per heavy atom. The number of hydrogen-bond acceptors (Lipinski definition) is 4. The van der Waals surface area contributed by atoms with E-state index in [1.54, 1.807) is 25.3 Å². The van der Waals surface area contributed by atoms with Gasteiger partial charge in [0, 0.05) is 16.6 Å². The number of carbonyl (C=O) groups excluding carboxylic acids is 2. The Hall–Kier alpha value is -2.57. The van der Waals surface area contributed by atoms with Crippen LogP contribution in [0.25, 0.3) is 0 Å². The van der Waals surface area contributed by atoms with Crippen LogP contribution in [0.2, 0.25) is 5.02 Å². The van der Waals surface area contributed by atoms with Crippen LogP contribution in [0.4, 0.5) is 11.4 Å². The van der Waals surface area contributed by atoms with Crippen LogP contribution in [-0.4, -0.2) is 43.5 Å². The molecule has 2 amide bonds. The van der Waals surface area contributed by atoms with Crippen molar-refractivity contribution < 1.29 is 14.3 Å². The van der Waals surface area contributed by atoms with Crippen LogP contribution < -0.4 is 15.4 Å². The van der Waals surface area contributed by atoms with Crippen molar-refractivity contribution in [2.75, 3.05) is 37.4 Å². The number of piperidine rings is 1. The molecule has 3 rings (SSSR count). The lowest BCUT2D eigenvalue weighted by atomic mass is 9.95. The predicted molar refractivity (Wildman–Crippen MR) is 120 cm³/mol. The highest BCUT2D eigenvalue weighted by Gasteiger charge is 2.26. The lowest BCUT2D eigenvalue weighted by Gasteiger charge is -2.30. The first-order valence-corrected chi connectivity index (χ1v) is 10.5. The van der Waals surface area contributed by atoms with Crippen molar-refractivity contribution in [1.29, 1.82) is 0 Å². The zero-order valence-electron chi connectivity index (χ0n) is 17.6. The second-order valence-corrected chi connectivity index (χ2v) is 8.19. The van der Waals surface area contributed by atoms with Gasteiger partial charge in [0.1, 0.15) is 5.75 Å². The number of nitrogens with one attached hydrogen (secondary N) is 2. The van der Waals surface area contributed by atoms with E-state index in [4.69, 9.17) is 16.3 Å². The second kappa shape index (κ2) is 9.96. The van der Waals surface area contributed by atoms with E-state index in [-0.39, 0.29) is 17.7 Å². The summed E-state index contributed by atoms with van der Waals surface area (Å²) in [5.74, 6) is 0.393. The molecule has 0 bridgehead atoms. The molecular weight excluding hydrogens is 402 g/mol. The van der Waals surface area contributed by atoms with Crippen LogP contribution in [0.15, 0.2) is 36.4 Å². The quantitative estimate of drug-likeness (QED) is 0.720. The van der Waals surface area contributed by atoms with Gasteiger partial charge in [-0.2, -0.15) is 0 Å². The Morgan fingerprint density at radius 1 is 1.07 bits per heavy atom. The van der Waals surface area contributed by atoms with Crippen LogP contribution in [0, 0.1) is 19.8 Å². The molecule has 0 radical (unpaired) electrons. The fourth-order valence-electron chi connectivity index (χ4n) is 3.71. The molecule has 6 nitrogen and oxygen atoms in total. The minimum absolute atomic E-state index is 0.0338. The Kier molecular flexibility index (Phi) is 7.34. The molecule has 2 aromatic carbocycles. The zero-order chi connectivity index (χ0) is 21.7. The molecule has 0 atom stereocenters. The number of likely N-dealkylation sites (tertiary alicyclic amines) is 1. The smallest absolute Gasteiger partial charge is 0.238 e. The predicted octanol–water partition coefficient (Wildman–Crippen LogP) is 4.25. The molecule has 2 aromatic rings. The van der Waals surface area contributed by atoms with E-state index < -0.39 is 0 Å². The molecule has 7 heteroatoms. The summed E-state index contributed by atoms with van der Waals surface area (Å²) in [5.41, 5.74) is 3.64. The first kappa shape index (κ1) is 22.1. The van der Waals surface area contributed by atoms with Crippen molar-refractivity contribution in [3.05, 3.63) is 52.5 Å². The van der Waals surface area contributed by atoms with Crippen molar-refractivity contribution >= 4 is 34.8 Å². The molecule has 30 heavy (non-hydrogen) atoms. The van der Waals surface area contributed by atoms with Gasteiger partial charge in [0.05, 0.1) is 19.3 Å². The largest absolute Gasteiger partial charge is 0.495 e. The fourth-order valence-corrected chi connectivity index (χ4v) is 3.88. The number of halogens is 1. The van der Waals surface area contributed by atoms with Gasteiger partial charge < -0.3 is 15.4 Å². The Balaban J connectivity index is 1.49. The maximum absolute atomic E-state index is 12.7. The Labute approximate surface area is 182 Å². The van der Waals surface area contributed by atoms with Crippen LogP contribution >= 0.6 is 11.6 Å². The van der Waals surface area contributed by atoms with Crippen LogP contribution in [0.3, 0.4) is 0 Å². The van der Waals surface area contributed by atoms with Gasteiger partial charge in [0.25, 0.3) is 0 Å². The van der Waals surface area contributed by atoms with Crippen molar-refractivity contribution in [1.82, 2.24) is 4.90 Å². The molecule has 1 heterocycles. The maximum Gasteiger partial charge on any atom is 0.238 e. The van der Waals surface area contributed by atoms with Gasteiger partial charge in [0.2, 0.25) is 11.8 Å². The number of nitrogens with zero attached hydrogens (tertiary/aromatic N) is 1. The molecule has 0 saturated carbocycles. The van der Waals surface area contributed by atoms with Crippen LogP contribution in [0.5, 0.6) is 5.75 Å². The monoisotopic (exact) mass is 429 g/mol. The van der Waals surface area contributed by atoms with Crippen molar-refractivity contribution in [3.63, 3.8) is 0 Å². The van der Waals surface area contributed by atoms with Gasteiger partial charge in [-0.15, -0.1) is 0 Å². The normalized spacial score (nSPS) is 14.9. The summed E-state index contributed by atoms with van der Waals surface area (Å²) < 4.78 is 5.29. The number of carbonyl (C=O) groups is 2. The summed E-state index contributed by atoms with van der Waals surface area (Å²) in [5, 5.41) is 6.45. The number of rotatable bonds is 6. The zero-order valence-corrected chi connectivity index (χ0v) is 18.4. The van der Waals surface area contributed by atoms with Crippen LogP contribution in [0.1, 0.15) is 24.0 Å². The number of benzene rings is 2. The summed E-state index contributed by atoms with van der Waals surface area (Å²) >= 11 is 6.03. The lowest BCUT2D eigenvalue weighted by molar-refractivity contribution is -0.121. The molecule has 1 aliphatic heterocycles. The third-order valence-corrected chi connectivity index (χ3v) is 5.64. The van der Waals surface area contributed by atoms with Crippen LogP contribution in [-0.2, 0) is 9.59 Å². The van der Waals surface area contributed by atoms with Gasteiger partial charge in [-0.05, 0) is 69.6 Å². The van der Waals surface area contributed by atoms with Gasteiger partial charge in [-0.1, -0.05) is 29.3 Å². The van der Waals surface area contributed by atoms with E-state index >= 15 is 0 Å². The van der Waals surface area contributed by atoms with E-state index in [0.717, 1.165) is 11.3 Å². The molecule has 1 aliphatic rings. The minimum atomic E-state index is -0.104. The highest BCUT2D eigenvalue weighted by Crippen LogP contribution is 2.29. The van der Waals surface area contributed by atoms with E-state index in [9.17, 15) is 9.59 Å². The molecule has 2 N–H and O–H groups in total. The first-order chi connectivity index (χ1) is 14.4. The Bertz CT molecular complexity index is 924. The molecule has 1 fully saturated rings. The number of ether oxygens (including phenoxy) is 1. The molecule has 160 valence electrons. The van der Waals surface area contributed by atoms with E-state index in [1.165, 1.54) is 5.56 Å². The Morgan fingerprint density at radius 2 is 1.80 bits per heavy atom. The summed E-state index contributed by atoms with van der Waals surface area (Å²) in [6.07, 6.45) is 1.40. The SMILES string of the molecule is COc1ccc(Cl)cc1NC(=O)C1CCN(CC(=O)Nc2ccc(C)cc2C)CC1. The van der Waals surface area contributed by atoms with Gasteiger partial charge in [-0.25, -0.2) is 0 Å². The number of anilines is 2. The van der Waals surface area contributed by atoms with Gasteiger partial charge in [0.15, 0.2) is 0 Å². The number of amides is 2. The topological polar surface area (TPSA) is 70.7 Å². The highest BCUT2D eigenvalue weighted by atomic mass is 35.5. The molecular formula is C23H28ClN3O3. The minimum Gasteiger partial charge on any atom is -0.495 e. The molecule has 0 spiro atoms. The maximum atomic E-state index is 12.7. The average Bonchev–Trinajstić information content (AvgIpc) is 2.71. The fraction of sp³-hybridized carbons (Fsp3) is 0.391. The second-order valence-electron chi connectivity index (χ2n) is 7.75. The lowest BCUT2D eigenvalue weighted by Crippen LogP contribution is -2.41. The number of methoxy groups -OCH3 is 1. The first-order valence-electron chi connectivity index (χ1n) is 10.1. The van der Waals surface area contributed by atoms with E-state index in [0.29, 0.717) is 48.9 Å². The molecule has 1 saturated heterocycles. The van der Waals surface area contributed by atoms with Gasteiger partial charge >= 0.3 is 0 Å². The number of aryl methyl sites for hydroxylation is 2. The summed E-state index contributed by atoms with van der Waals surface area (Å²) in [4.78, 5) is 27.2. The van der Waals surface area contributed by atoms with Crippen molar-refractivity contribution in [2.24, 2.45) is 5.92 Å². The summed E-state index contributed by atoms with van der Waals surface area (Å²) in [7, 11) is 1.56. The summed E-state index contributed by atoms with van der Waals surface area (Å²) in [6.45, 7) is 5.74. The average molecular weight is 430 g/mol. The third kappa shape index (κ3) is 5.74. The highest BCUT2D eigenvalue weighted by molar-refractivity contribution is 6.31. The van der Waals surface area contributed by atoms with E-state index in [2.05, 4.69) is 21.6 Å². The standard InChI is InChI=1S/C23H28ClN3O3/c1-15-4-6-19(16(2)12-15)25-22(28)14-27-10-8-17(9-11-27)23(29)26-20-13-18(24)5-7-21(20)30-3/h4-7,12-13,17H,8-11,14H2,1-3H3,(H,25,28)(H,26,29). The van der Waals surface area contributed by atoms with E-state index in [1.807, 2.05) is 26.0 Å². The molecule has 0 unspecified atom stereocenters. The van der Waals surface area contributed by atoms with Crippen molar-refractivity contribution in [2.45, 2.75) is 26.7 Å². The summed E-state index contributed by atoms with van der Waals surface area (Å²) in [6, 6.07) is 11.1. The third-order valence-electron chi connectivity index (χ3n) is 5.40. The van der Waals surface area contributed by atoms with Gasteiger partial charge in [-0.3, -0.25) is 14.5 Å².